The van der Waals surface area contributed by atoms with Crippen molar-refractivity contribution in [1.82, 2.24) is 4.98 Å². The summed E-state index contributed by atoms with van der Waals surface area (Å²) < 4.78 is 0. The van der Waals surface area contributed by atoms with Crippen LogP contribution in [-0.4, -0.2) is 11.3 Å². The van der Waals surface area contributed by atoms with Gasteiger partial charge in [-0.1, -0.05) is 31.5 Å². The van der Waals surface area contributed by atoms with Gasteiger partial charge in [-0.05, 0) is 23.6 Å². The van der Waals surface area contributed by atoms with Gasteiger partial charge < -0.3 is 4.98 Å². The van der Waals surface area contributed by atoms with Crippen LogP contribution in [0.1, 0.15) is 35.7 Å². The Morgan fingerprint density at radius 1 is 1.40 bits per heavy atom. The van der Waals surface area contributed by atoms with Crippen molar-refractivity contribution in [3.8, 4) is 0 Å². The Labute approximate surface area is 93.2 Å². The molecule has 15 heavy (non-hydrogen) atoms. The molecule has 3 heteroatoms. The molecule has 1 N–H and O–H groups in total. The van der Waals surface area contributed by atoms with E-state index in [1.165, 1.54) is 5.56 Å². The van der Waals surface area contributed by atoms with E-state index in [1.54, 1.807) is 0 Å². The highest BCUT2D eigenvalue weighted by Gasteiger charge is 2.10. The van der Waals surface area contributed by atoms with Gasteiger partial charge in [-0.15, -0.1) is 0 Å². The van der Waals surface area contributed by atoms with Crippen molar-refractivity contribution < 1.29 is 4.79 Å². The second-order valence-corrected chi connectivity index (χ2v) is 4.31. The van der Waals surface area contributed by atoms with E-state index >= 15 is 0 Å². The number of carbonyl (C=O) groups excluding carboxylic acids is 1. The van der Waals surface area contributed by atoms with E-state index < -0.39 is 0 Å². The summed E-state index contributed by atoms with van der Waals surface area (Å²) in [4.78, 5) is 13.9. The molecule has 0 bridgehead atoms. The van der Waals surface area contributed by atoms with Gasteiger partial charge in [0.1, 0.15) is 5.15 Å². The molecule has 1 aromatic carbocycles. The molecule has 1 heterocycles. The van der Waals surface area contributed by atoms with Gasteiger partial charge in [0.2, 0.25) is 0 Å². The Kier molecular flexibility index (Phi) is 2.53. The fraction of sp³-hybridized carbons (Fsp3) is 0.250. The lowest BCUT2D eigenvalue weighted by Gasteiger charge is -2.04. The first-order valence-corrected chi connectivity index (χ1v) is 5.27. The summed E-state index contributed by atoms with van der Waals surface area (Å²) in [5.41, 5.74) is 2.67. The molecule has 0 aliphatic heterocycles. The molecule has 0 spiro atoms. The van der Waals surface area contributed by atoms with E-state index in [0.717, 1.165) is 17.2 Å². The third-order valence-corrected chi connectivity index (χ3v) is 2.90. The Balaban J connectivity index is 2.73. The molecule has 0 unspecified atom stereocenters. The third kappa shape index (κ3) is 1.65. The summed E-state index contributed by atoms with van der Waals surface area (Å²) in [6.07, 6.45) is 0.797. The zero-order valence-corrected chi connectivity index (χ0v) is 9.43. The van der Waals surface area contributed by atoms with Crippen LogP contribution in [-0.2, 0) is 0 Å². The number of nitrogens with one attached hydrogen (secondary N) is 1. The molecule has 2 nitrogen and oxygen atoms in total. The maximum Gasteiger partial charge on any atom is 0.153 e. The topological polar surface area (TPSA) is 32.9 Å². The van der Waals surface area contributed by atoms with Crippen LogP contribution in [0.25, 0.3) is 10.9 Å². The Morgan fingerprint density at radius 2 is 2.13 bits per heavy atom. The molecular formula is C12H12ClNO. The maximum absolute atomic E-state index is 10.9. The van der Waals surface area contributed by atoms with Crippen molar-refractivity contribution in [3.63, 3.8) is 0 Å². The molecule has 0 atom stereocenters. The van der Waals surface area contributed by atoms with E-state index in [9.17, 15) is 4.79 Å². The molecule has 0 saturated carbocycles. The lowest BCUT2D eigenvalue weighted by molar-refractivity contribution is 0.112. The molecule has 2 aromatic rings. The van der Waals surface area contributed by atoms with Crippen molar-refractivity contribution in [2.45, 2.75) is 19.8 Å². The van der Waals surface area contributed by atoms with E-state index in [1.807, 2.05) is 12.1 Å². The number of hydrogen-bond donors (Lipinski definition) is 1. The van der Waals surface area contributed by atoms with Crippen LogP contribution in [0.5, 0.6) is 0 Å². The minimum Gasteiger partial charge on any atom is -0.345 e. The van der Waals surface area contributed by atoms with Crippen molar-refractivity contribution in [1.29, 1.82) is 0 Å². The smallest absolute Gasteiger partial charge is 0.153 e. The quantitative estimate of drug-likeness (QED) is 0.770. The van der Waals surface area contributed by atoms with Crippen LogP contribution in [0.3, 0.4) is 0 Å². The lowest BCUT2D eigenvalue weighted by Crippen LogP contribution is -1.86. The number of rotatable bonds is 2. The van der Waals surface area contributed by atoms with Crippen molar-refractivity contribution in [3.05, 3.63) is 34.5 Å². The van der Waals surface area contributed by atoms with Gasteiger partial charge in [0, 0.05) is 10.9 Å². The Bertz CT molecular complexity index is 514. The third-order valence-electron chi connectivity index (χ3n) is 2.60. The van der Waals surface area contributed by atoms with Gasteiger partial charge in [0.15, 0.2) is 6.29 Å². The molecule has 0 aliphatic carbocycles. The lowest BCUT2D eigenvalue weighted by atomic mass is 10.0. The van der Waals surface area contributed by atoms with E-state index in [-0.39, 0.29) is 0 Å². The van der Waals surface area contributed by atoms with Crippen LogP contribution < -0.4 is 0 Å². The summed E-state index contributed by atoms with van der Waals surface area (Å²) in [5, 5.41) is 1.32. The molecule has 0 aliphatic rings. The summed E-state index contributed by atoms with van der Waals surface area (Å²) in [7, 11) is 0. The Morgan fingerprint density at radius 3 is 2.73 bits per heavy atom. The first kappa shape index (κ1) is 10.2. The number of halogens is 1. The molecule has 0 radical (unpaired) electrons. The van der Waals surface area contributed by atoms with E-state index in [0.29, 0.717) is 16.6 Å². The first-order valence-electron chi connectivity index (χ1n) is 4.89. The van der Waals surface area contributed by atoms with Crippen LogP contribution in [0.4, 0.5) is 0 Å². The van der Waals surface area contributed by atoms with Crippen molar-refractivity contribution >= 4 is 28.8 Å². The highest BCUT2D eigenvalue weighted by molar-refractivity contribution is 6.34. The minimum absolute atomic E-state index is 0.418. The number of fused-ring (bicyclic) bond motifs is 1. The number of hydrogen-bond acceptors (Lipinski definition) is 1. The molecule has 0 saturated heterocycles. The van der Waals surface area contributed by atoms with Gasteiger partial charge in [-0.2, -0.15) is 0 Å². The van der Waals surface area contributed by atoms with Crippen LogP contribution in [0, 0.1) is 0 Å². The largest absolute Gasteiger partial charge is 0.345 e. The highest BCUT2D eigenvalue weighted by atomic mass is 35.5. The first-order chi connectivity index (χ1) is 7.13. The number of H-pyrrole nitrogens is 1. The Hall–Kier alpha value is -1.28. The van der Waals surface area contributed by atoms with Gasteiger partial charge in [-0.3, -0.25) is 4.79 Å². The standard InChI is InChI=1S/C12H12ClNO/c1-7(2)8-3-4-11-9(5-8)10(6-15)12(13)14-11/h3-7,14H,1-2H3. The van der Waals surface area contributed by atoms with Crippen LogP contribution in [0.2, 0.25) is 5.15 Å². The summed E-state index contributed by atoms with van der Waals surface area (Å²) in [6, 6.07) is 6.03. The van der Waals surface area contributed by atoms with Crippen molar-refractivity contribution in [2.75, 3.05) is 0 Å². The van der Waals surface area contributed by atoms with E-state index in [4.69, 9.17) is 11.6 Å². The molecular weight excluding hydrogens is 210 g/mol. The predicted octanol–water partition coefficient (Wildman–Crippen LogP) is 3.76. The number of carbonyl (C=O) groups is 1. The van der Waals surface area contributed by atoms with Crippen LogP contribution >= 0.6 is 11.6 Å². The number of aldehydes is 1. The normalized spacial score (nSPS) is 11.2. The van der Waals surface area contributed by atoms with E-state index in [2.05, 4.69) is 24.9 Å². The average molecular weight is 222 g/mol. The number of benzene rings is 1. The fourth-order valence-electron chi connectivity index (χ4n) is 1.67. The minimum atomic E-state index is 0.418. The van der Waals surface area contributed by atoms with Gasteiger partial charge in [0.25, 0.3) is 0 Å². The monoisotopic (exact) mass is 221 g/mol. The second-order valence-electron chi connectivity index (χ2n) is 3.93. The number of aromatic amines is 1. The SMILES string of the molecule is CC(C)c1ccc2[nH]c(Cl)c(C=O)c2c1. The zero-order chi connectivity index (χ0) is 11.0. The molecule has 0 fully saturated rings. The summed E-state index contributed by atoms with van der Waals surface area (Å²) in [5.74, 6) is 0.447. The molecule has 0 amide bonds. The zero-order valence-electron chi connectivity index (χ0n) is 8.67. The predicted molar refractivity (Wildman–Crippen MR) is 62.8 cm³/mol. The van der Waals surface area contributed by atoms with Gasteiger partial charge in [0.05, 0.1) is 5.56 Å². The second kappa shape index (κ2) is 3.70. The fourth-order valence-corrected chi connectivity index (χ4v) is 1.92. The van der Waals surface area contributed by atoms with Crippen molar-refractivity contribution in [2.24, 2.45) is 0 Å². The molecule has 2 rings (SSSR count). The summed E-state index contributed by atoms with van der Waals surface area (Å²) in [6.45, 7) is 4.24. The summed E-state index contributed by atoms with van der Waals surface area (Å²) >= 11 is 5.91. The number of aromatic nitrogens is 1. The van der Waals surface area contributed by atoms with Crippen LogP contribution in [0.15, 0.2) is 18.2 Å². The van der Waals surface area contributed by atoms with Gasteiger partial charge in [-0.25, -0.2) is 0 Å². The maximum atomic E-state index is 10.9. The van der Waals surface area contributed by atoms with Gasteiger partial charge >= 0.3 is 0 Å². The highest BCUT2D eigenvalue weighted by Crippen LogP contribution is 2.27. The molecule has 78 valence electrons. The molecule has 1 aromatic heterocycles. The average Bonchev–Trinajstić information content (AvgIpc) is 2.51.